The molecule has 156 valence electrons. The van der Waals surface area contributed by atoms with Crippen LogP contribution in [-0.4, -0.2) is 45.2 Å². The molecule has 0 spiro atoms. The summed E-state index contributed by atoms with van der Waals surface area (Å²) in [5, 5.41) is 9.58. The van der Waals surface area contributed by atoms with Crippen molar-refractivity contribution in [1.82, 2.24) is 19.9 Å². The lowest BCUT2D eigenvalue weighted by Gasteiger charge is -2.32. The Kier molecular flexibility index (Phi) is 6.21. The van der Waals surface area contributed by atoms with Crippen LogP contribution in [0, 0.1) is 0 Å². The van der Waals surface area contributed by atoms with E-state index in [1.54, 1.807) is 19.4 Å². The van der Waals surface area contributed by atoms with Gasteiger partial charge in [0.2, 0.25) is 0 Å². The molecule has 30 heavy (non-hydrogen) atoms. The van der Waals surface area contributed by atoms with Crippen molar-refractivity contribution in [3.05, 3.63) is 75.8 Å². The molecule has 1 unspecified atom stereocenters. The Morgan fingerprint density at radius 2 is 2.17 bits per heavy atom. The van der Waals surface area contributed by atoms with E-state index in [0.717, 1.165) is 49.3 Å². The van der Waals surface area contributed by atoms with Crippen molar-refractivity contribution < 1.29 is 9.84 Å². The van der Waals surface area contributed by atoms with Crippen LogP contribution in [0.15, 0.2) is 53.5 Å². The number of likely N-dealkylation sites (tertiary alicyclic amines) is 1. The highest BCUT2D eigenvalue weighted by atomic mass is 16.5. The summed E-state index contributed by atoms with van der Waals surface area (Å²) in [7, 11) is 1.61. The van der Waals surface area contributed by atoms with Gasteiger partial charge in [-0.15, -0.1) is 0 Å². The number of benzene rings is 1. The van der Waals surface area contributed by atoms with E-state index in [4.69, 9.17) is 9.72 Å². The number of nitrogens with zero attached hydrogens (tertiary/aromatic N) is 3. The molecule has 0 radical (unpaired) electrons. The molecule has 3 aromatic rings. The second-order valence-corrected chi connectivity index (χ2v) is 7.61. The first kappa shape index (κ1) is 20.3. The molecule has 1 aliphatic heterocycles. The molecule has 0 aliphatic carbocycles. The quantitative estimate of drug-likeness (QED) is 0.654. The van der Waals surface area contributed by atoms with Crippen molar-refractivity contribution in [3.63, 3.8) is 0 Å². The van der Waals surface area contributed by atoms with Crippen LogP contribution < -0.4 is 10.3 Å². The number of aliphatic hydroxyl groups is 1. The summed E-state index contributed by atoms with van der Waals surface area (Å²) >= 11 is 0. The summed E-state index contributed by atoms with van der Waals surface area (Å²) in [5.41, 5.74) is 3.25. The Morgan fingerprint density at radius 1 is 1.27 bits per heavy atom. The fourth-order valence-corrected chi connectivity index (χ4v) is 4.06. The molecular weight excluding hydrogens is 380 g/mol. The van der Waals surface area contributed by atoms with Crippen LogP contribution in [0.2, 0.25) is 0 Å². The number of hydrogen-bond donors (Lipinski definition) is 2. The van der Waals surface area contributed by atoms with Crippen LogP contribution in [0.1, 0.15) is 35.6 Å². The minimum atomic E-state index is -0.152. The first-order chi connectivity index (χ1) is 14.7. The van der Waals surface area contributed by atoms with Crippen molar-refractivity contribution in [1.29, 1.82) is 0 Å². The third kappa shape index (κ3) is 4.58. The largest absolute Gasteiger partial charge is 0.496 e. The zero-order chi connectivity index (χ0) is 20.9. The molecule has 1 aliphatic rings. The number of aliphatic hydroxyl groups excluding tert-OH is 1. The molecule has 2 N–H and O–H groups in total. The normalized spacial score (nSPS) is 17.1. The molecule has 0 bridgehead atoms. The van der Waals surface area contributed by atoms with Gasteiger partial charge in [0.05, 0.1) is 19.4 Å². The van der Waals surface area contributed by atoms with E-state index in [1.807, 2.05) is 36.4 Å². The average molecular weight is 406 g/mol. The van der Waals surface area contributed by atoms with Crippen molar-refractivity contribution in [2.24, 2.45) is 0 Å². The van der Waals surface area contributed by atoms with Crippen LogP contribution in [0.5, 0.6) is 5.75 Å². The van der Waals surface area contributed by atoms with Crippen LogP contribution in [0.3, 0.4) is 0 Å². The van der Waals surface area contributed by atoms with Gasteiger partial charge in [0, 0.05) is 36.8 Å². The third-order valence-corrected chi connectivity index (χ3v) is 5.51. The van der Waals surface area contributed by atoms with Crippen LogP contribution >= 0.6 is 0 Å². The number of aromatic nitrogens is 3. The number of pyridine rings is 1. The first-order valence-electron chi connectivity index (χ1n) is 10.2. The van der Waals surface area contributed by atoms with E-state index in [9.17, 15) is 9.90 Å². The van der Waals surface area contributed by atoms with Gasteiger partial charge in [-0.1, -0.05) is 12.1 Å². The van der Waals surface area contributed by atoms with Gasteiger partial charge in [-0.25, -0.2) is 4.98 Å². The number of rotatable bonds is 6. The first-order valence-corrected chi connectivity index (χ1v) is 10.2. The van der Waals surface area contributed by atoms with Gasteiger partial charge in [0.25, 0.3) is 5.56 Å². The van der Waals surface area contributed by atoms with Crippen molar-refractivity contribution in [2.75, 3.05) is 20.2 Å². The standard InChI is InChI=1S/C23H26N4O3/c1-30-21-8-7-16(11-18(21)15-28)13-27-10-4-5-17(14-27)20-12-22(29)26-23(25-20)19-6-2-3-9-24-19/h2-3,6-9,11-12,17,28H,4-5,10,13-15H2,1H3,(H,25,26,29). The molecule has 3 heterocycles. The van der Waals surface area contributed by atoms with E-state index in [-0.39, 0.29) is 18.1 Å². The Morgan fingerprint density at radius 3 is 2.93 bits per heavy atom. The fraction of sp³-hybridized carbons (Fsp3) is 0.348. The molecule has 7 heteroatoms. The number of H-pyrrole nitrogens is 1. The Hall–Kier alpha value is -3.03. The molecule has 1 atom stereocenters. The molecular formula is C23H26N4O3. The van der Waals surface area contributed by atoms with E-state index in [1.165, 1.54) is 0 Å². The van der Waals surface area contributed by atoms with Crippen LogP contribution in [0.4, 0.5) is 0 Å². The number of piperidine rings is 1. The second-order valence-electron chi connectivity index (χ2n) is 7.61. The van der Waals surface area contributed by atoms with Crippen molar-refractivity contribution >= 4 is 0 Å². The van der Waals surface area contributed by atoms with Gasteiger partial charge in [-0.3, -0.25) is 14.7 Å². The van der Waals surface area contributed by atoms with Crippen molar-refractivity contribution in [2.45, 2.75) is 31.9 Å². The minimum Gasteiger partial charge on any atom is -0.496 e. The van der Waals surface area contributed by atoms with Crippen LogP contribution in [0.25, 0.3) is 11.5 Å². The Balaban J connectivity index is 1.52. The second kappa shape index (κ2) is 9.19. The number of aromatic amines is 1. The lowest BCUT2D eigenvalue weighted by molar-refractivity contribution is 0.198. The van der Waals surface area contributed by atoms with Gasteiger partial charge >= 0.3 is 0 Å². The minimum absolute atomic E-state index is 0.0490. The summed E-state index contributed by atoms with van der Waals surface area (Å²) in [6.45, 7) is 2.56. The van der Waals surface area contributed by atoms with E-state index < -0.39 is 0 Å². The van der Waals surface area contributed by atoms with Crippen molar-refractivity contribution in [3.8, 4) is 17.3 Å². The summed E-state index contributed by atoms with van der Waals surface area (Å²) < 4.78 is 5.30. The highest BCUT2D eigenvalue weighted by Crippen LogP contribution is 2.28. The zero-order valence-electron chi connectivity index (χ0n) is 17.0. The van der Waals surface area contributed by atoms with E-state index >= 15 is 0 Å². The fourth-order valence-electron chi connectivity index (χ4n) is 4.06. The predicted molar refractivity (Wildman–Crippen MR) is 114 cm³/mol. The highest BCUT2D eigenvalue weighted by Gasteiger charge is 2.24. The molecule has 4 rings (SSSR count). The number of methoxy groups -OCH3 is 1. The summed E-state index contributed by atoms with van der Waals surface area (Å²) in [6, 6.07) is 13.1. The van der Waals surface area contributed by atoms with E-state index in [2.05, 4.69) is 14.9 Å². The van der Waals surface area contributed by atoms with Gasteiger partial charge in [0.1, 0.15) is 11.4 Å². The number of nitrogens with one attached hydrogen (secondary N) is 1. The molecule has 1 aromatic carbocycles. The summed E-state index contributed by atoms with van der Waals surface area (Å²) in [5.74, 6) is 1.41. The Bertz CT molecular complexity index is 1050. The smallest absolute Gasteiger partial charge is 0.251 e. The topological polar surface area (TPSA) is 91.3 Å². The monoisotopic (exact) mass is 406 g/mol. The molecule has 0 amide bonds. The van der Waals surface area contributed by atoms with Gasteiger partial charge < -0.3 is 14.8 Å². The third-order valence-electron chi connectivity index (χ3n) is 5.51. The molecule has 2 aromatic heterocycles. The average Bonchev–Trinajstić information content (AvgIpc) is 2.79. The highest BCUT2D eigenvalue weighted by molar-refractivity contribution is 5.48. The van der Waals surface area contributed by atoms with Gasteiger partial charge in [0.15, 0.2) is 5.82 Å². The van der Waals surface area contributed by atoms with Crippen LogP contribution in [-0.2, 0) is 13.2 Å². The SMILES string of the molecule is COc1ccc(CN2CCCC(c3cc(=O)[nH]c(-c4ccccn4)n3)C2)cc1CO. The lowest BCUT2D eigenvalue weighted by Crippen LogP contribution is -2.34. The Labute approximate surface area is 175 Å². The lowest BCUT2D eigenvalue weighted by atomic mass is 9.94. The molecule has 1 saturated heterocycles. The molecule has 0 saturated carbocycles. The summed E-state index contributed by atoms with van der Waals surface area (Å²) in [6.07, 6.45) is 3.74. The van der Waals surface area contributed by atoms with Gasteiger partial charge in [-0.2, -0.15) is 0 Å². The number of hydrogen-bond acceptors (Lipinski definition) is 6. The maximum Gasteiger partial charge on any atom is 0.251 e. The van der Waals surface area contributed by atoms with E-state index in [0.29, 0.717) is 17.3 Å². The number of ether oxygens (including phenoxy) is 1. The zero-order valence-corrected chi connectivity index (χ0v) is 17.0. The molecule has 1 fully saturated rings. The summed E-state index contributed by atoms with van der Waals surface area (Å²) in [4.78, 5) is 26.5. The maximum absolute atomic E-state index is 12.3. The maximum atomic E-state index is 12.3. The predicted octanol–water partition coefficient (Wildman–Crippen LogP) is 2.71. The molecule has 7 nitrogen and oxygen atoms in total. The van der Waals surface area contributed by atoms with Gasteiger partial charge in [-0.05, 0) is 49.2 Å².